The lowest BCUT2D eigenvalue weighted by Gasteiger charge is -2.16. The van der Waals surface area contributed by atoms with Crippen LogP contribution < -0.4 is 19.3 Å². The molecule has 0 bridgehead atoms. The summed E-state index contributed by atoms with van der Waals surface area (Å²) in [6.07, 6.45) is 1.93. The summed E-state index contributed by atoms with van der Waals surface area (Å²) < 4.78 is 51.7. The van der Waals surface area contributed by atoms with Crippen LogP contribution in [0.15, 0.2) is 41.3 Å². The fourth-order valence-corrected chi connectivity index (χ4v) is 3.70. The third kappa shape index (κ3) is 4.76. The first-order valence-corrected chi connectivity index (χ1v) is 9.10. The van der Waals surface area contributed by atoms with Crippen molar-refractivity contribution >= 4 is 27.8 Å². The Labute approximate surface area is 156 Å². The highest BCUT2D eigenvalue weighted by atomic mass is 32.2. The summed E-state index contributed by atoms with van der Waals surface area (Å²) in [4.78, 5) is 10.4. The van der Waals surface area contributed by atoms with Gasteiger partial charge in [0, 0.05) is 0 Å². The fourth-order valence-electron chi connectivity index (χ4n) is 2.35. The number of methoxy groups -OCH3 is 2. The molecule has 0 aliphatic heterocycles. The number of carbonyl (C=O) groups is 1. The van der Waals surface area contributed by atoms with Crippen molar-refractivity contribution in [2.75, 3.05) is 18.9 Å². The molecule has 0 saturated heterocycles. The third-order valence-corrected chi connectivity index (χ3v) is 4.97. The van der Waals surface area contributed by atoms with E-state index in [4.69, 9.17) is 9.47 Å². The van der Waals surface area contributed by atoms with E-state index in [1.807, 2.05) is 0 Å². The molecule has 0 spiro atoms. The number of benzene rings is 2. The van der Waals surface area contributed by atoms with Gasteiger partial charge in [-0.05, 0) is 54.5 Å². The Bertz CT molecular complexity index is 1000. The quantitative estimate of drug-likeness (QED) is 0.717. The Morgan fingerprint density at radius 3 is 2.44 bits per heavy atom. The normalized spacial score (nSPS) is 11.4. The Morgan fingerprint density at radius 1 is 1.19 bits per heavy atom. The van der Waals surface area contributed by atoms with E-state index in [0.717, 1.165) is 12.1 Å². The molecular formula is C18H17FNO6S-. The second-order valence-corrected chi connectivity index (χ2v) is 7.12. The van der Waals surface area contributed by atoms with Gasteiger partial charge in [0.05, 0.1) is 25.9 Å². The lowest BCUT2D eigenvalue weighted by Crippen LogP contribution is -2.18. The lowest BCUT2D eigenvalue weighted by atomic mass is 10.2. The number of hydrogen-bond acceptors (Lipinski definition) is 6. The van der Waals surface area contributed by atoms with Gasteiger partial charge in [-0.2, -0.15) is 0 Å². The molecule has 0 atom stereocenters. The first kappa shape index (κ1) is 20.2. The Hall–Kier alpha value is -3.07. The molecule has 0 fully saturated rings. The van der Waals surface area contributed by atoms with Crippen molar-refractivity contribution in [2.24, 2.45) is 0 Å². The van der Waals surface area contributed by atoms with Crippen molar-refractivity contribution in [1.82, 2.24) is 0 Å². The second kappa shape index (κ2) is 8.09. The minimum absolute atomic E-state index is 0.0598. The number of carboxylic acid groups (broad SMARTS) is 1. The molecule has 2 aromatic rings. The average molecular weight is 394 g/mol. The monoisotopic (exact) mass is 394 g/mol. The Morgan fingerprint density at radius 2 is 1.89 bits per heavy atom. The van der Waals surface area contributed by atoms with Gasteiger partial charge in [0.2, 0.25) is 0 Å². The highest BCUT2D eigenvalue weighted by Crippen LogP contribution is 2.37. The number of aryl methyl sites for hydroxylation is 1. The largest absolute Gasteiger partial charge is 0.545 e. The highest BCUT2D eigenvalue weighted by molar-refractivity contribution is 7.92. The summed E-state index contributed by atoms with van der Waals surface area (Å²) in [6, 6.07) is 6.25. The van der Waals surface area contributed by atoms with Gasteiger partial charge < -0.3 is 19.4 Å². The predicted molar refractivity (Wildman–Crippen MR) is 95.5 cm³/mol. The minimum Gasteiger partial charge on any atom is -0.545 e. The highest BCUT2D eigenvalue weighted by Gasteiger charge is 2.24. The van der Waals surface area contributed by atoms with Gasteiger partial charge in [0.1, 0.15) is 10.7 Å². The van der Waals surface area contributed by atoms with Gasteiger partial charge in [-0.25, -0.2) is 12.8 Å². The van der Waals surface area contributed by atoms with Gasteiger partial charge in [-0.15, -0.1) is 0 Å². The van der Waals surface area contributed by atoms with E-state index in [1.54, 1.807) is 6.92 Å². The number of sulfonamides is 1. The van der Waals surface area contributed by atoms with Crippen LogP contribution in [0.5, 0.6) is 11.5 Å². The van der Waals surface area contributed by atoms with Gasteiger partial charge >= 0.3 is 0 Å². The number of aliphatic carboxylic acids is 1. The van der Waals surface area contributed by atoms with Gasteiger partial charge in [0.15, 0.2) is 11.5 Å². The molecule has 0 aliphatic carbocycles. The molecule has 0 heterocycles. The van der Waals surface area contributed by atoms with E-state index in [9.17, 15) is 22.7 Å². The first-order valence-electron chi connectivity index (χ1n) is 7.62. The molecule has 2 rings (SSSR count). The molecule has 144 valence electrons. The zero-order chi connectivity index (χ0) is 20.2. The summed E-state index contributed by atoms with van der Waals surface area (Å²) in [5.41, 5.74) is 0.818. The van der Waals surface area contributed by atoms with Crippen LogP contribution in [0.1, 0.15) is 11.1 Å². The van der Waals surface area contributed by atoms with E-state index in [-0.39, 0.29) is 27.6 Å². The van der Waals surface area contributed by atoms with Crippen molar-refractivity contribution in [3.05, 3.63) is 53.4 Å². The maximum Gasteiger partial charge on any atom is 0.265 e. The van der Waals surface area contributed by atoms with Crippen molar-refractivity contribution in [3.63, 3.8) is 0 Å². The molecule has 0 saturated carbocycles. The predicted octanol–water partition coefficient (Wildman–Crippen LogP) is 1.72. The van der Waals surface area contributed by atoms with Crippen LogP contribution in [0.25, 0.3) is 6.08 Å². The van der Waals surface area contributed by atoms with Crippen LogP contribution in [0.2, 0.25) is 0 Å². The molecular weight excluding hydrogens is 377 g/mol. The molecule has 0 radical (unpaired) electrons. The van der Waals surface area contributed by atoms with E-state index in [1.165, 1.54) is 44.6 Å². The third-order valence-electron chi connectivity index (χ3n) is 3.60. The average Bonchev–Trinajstić information content (AvgIpc) is 2.61. The number of halogens is 1. The van der Waals surface area contributed by atoms with E-state index >= 15 is 0 Å². The molecule has 7 nitrogen and oxygen atoms in total. The SMILES string of the molecule is COc1cc(/C=C/C(=O)[O-])cc(S(=O)(=O)Nc2ccc(F)cc2C)c1OC. The van der Waals surface area contributed by atoms with E-state index < -0.39 is 21.8 Å². The summed E-state index contributed by atoms with van der Waals surface area (Å²) in [7, 11) is -1.57. The second-order valence-electron chi connectivity index (χ2n) is 5.47. The summed E-state index contributed by atoms with van der Waals surface area (Å²) in [5, 5.41) is 10.6. The number of hydrogen-bond donors (Lipinski definition) is 1. The van der Waals surface area contributed by atoms with Crippen molar-refractivity contribution in [1.29, 1.82) is 0 Å². The van der Waals surface area contributed by atoms with Crippen molar-refractivity contribution in [2.45, 2.75) is 11.8 Å². The van der Waals surface area contributed by atoms with Crippen LogP contribution in [0.3, 0.4) is 0 Å². The van der Waals surface area contributed by atoms with Gasteiger partial charge in [0.25, 0.3) is 10.0 Å². The fraction of sp³-hybridized carbons (Fsp3) is 0.167. The van der Waals surface area contributed by atoms with Gasteiger partial charge in [-0.1, -0.05) is 6.08 Å². The molecule has 0 amide bonds. The zero-order valence-electron chi connectivity index (χ0n) is 14.8. The van der Waals surface area contributed by atoms with Crippen LogP contribution in [-0.4, -0.2) is 28.6 Å². The minimum atomic E-state index is -4.16. The number of carbonyl (C=O) groups excluding carboxylic acids is 1. The maximum atomic E-state index is 13.2. The lowest BCUT2D eigenvalue weighted by molar-refractivity contribution is -0.297. The molecule has 0 aliphatic rings. The van der Waals surface area contributed by atoms with Crippen LogP contribution in [0.4, 0.5) is 10.1 Å². The molecule has 2 aromatic carbocycles. The number of nitrogens with one attached hydrogen (secondary N) is 1. The maximum absolute atomic E-state index is 13.2. The number of anilines is 1. The molecule has 1 N–H and O–H groups in total. The zero-order valence-corrected chi connectivity index (χ0v) is 15.6. The topological polar surface area (TPSA) is 105 Å². The summed E-state index contributed by atoms with van der Waals surface area (Å²) >= 11 is 0. The molecule has 27 heavy (non-hydrogen) atoms. The number of ether oxygens (including phenoxy) is 2. The Balaban J connectivity index is 2.59. The first-order chi connectivity index (χ1) is 12.7. The molecule has 0 aromatic heterocycles. The van der Waals surface area contributed by atoms with E-state index in [2.05, 4.69) is 4.72 Å². The van der Waals surface area contributed by atoms with E-state index in [0.29, 0.717) is 5.56 Å². The van der Waals surface area contributed by atoms with Crippen LogP contribution in [0, 0.1) is 12.7 Å². The molecule has 0 unspecified atom stereocenters. The van der Waals surface area contributed by atoms with Crippen LogP contribution in [-0.2, 0) is 14.8 Å². The number of rotatable bonds is 7. The smallest absolute Gasteiger partial charge is 0.265 e. The van der Waals surface area contributed by atoms with Crippen molar-refractivity contribution < 1.29 is 32.2 Å². The molecule has 9 heteroatoms. The van der Waals surface area contributed by atoms with Gasteiger partial charge in [-0.3, -0.25) is 4.72 Å². The number of carboxylic acids is 1. The standard InChI is InChI=1S/C18H18FNO6S/c1-11-8-13(19)5-6-14(11)20-27(23,24)16-10-12(4-7-17(21)22)9-15(25-2)18(16)26-3/h4-10,20H,1-3H3,(H,21,22)/p-1/b7-4+. The van der Waals surface area contributed by atoms with Crippen molar-refractivity contribution in [3.8, 4) is 11.5 Å². The summed E-state index contributed by atoms with van der Waals surface area (Å²) in [6.45, 7) is 1.55. The summed E-state index contributed by atoms with van der Waals surface area (Å²) in [5.74, 6) is -1.90. The van der Waals surface area contributed by atoms with Crippen LogP contribution >= 0.6 is 0 Å². The Kier molecular flexibility index (Phi) is 6.06.